The van der Waals surface area contributed by atoms with Crippen LogP contribution in [0.2, 0.25) is 0 Å². The highest BCUT2D eigenvalue weighted by Gasteiger charge is 2.37. The molecule has 1 N–H and O–H groups in total. The Hall–Kier alpha value is -3.02. The monoisotopic (exact) mass is 475 g/mol. The van der Waals surface area contributed by atoms with E-state index >= 15 is 0 Å². The summed E-state index contributed by atoms with van der Waals surface area (Å²) in [5.74, 6) is -0.633. The van der Waals surface area contributed by atoms with Crippen molar-refractivity contribution in [3.63, 3.8) is 0 Å². The SMILES string of the molecule is O=C(Nc1c2c(nn1-c1ccc(F)cc1)CSC2)c1cc(C(F)(F)F)cc(C(F)(F)F)c1. The molecule has 1 amide bonds. The van der Waals surface area contributed by atoms with Gasteiger partial charge in [0.1, 0.15) is 11.6 Å². The molecule has 0 aliphatic carbocycles. The number of hydrogen-bond donors (Lipinski definition) is 1. The highest BCUT2D eigenvalue weighted by atomic mass is 32.2. The molecule has 168 valence electrons. The number of carbonyl (C=O) groups is 1. The molecular weight excluding hydrogens is 463 g/mol. The van der Waals surface area contributed by atoms with Crippen molar-refractivity contribution in [3.05, 3.63) is 76.2 Å². The number of halogens is 7. The molecule has 1 aromatic heterocycles. The number of aromatic nitrogens is 2. The lowest BCUT2D eigenvalue weighted by Crippen LogP contribution is -2.19. The minimum absolute atomic E-state index is 0.0477. The maximum atomic E-state index is 13.3. The van der Waals surface area contributed by atoms with Crippen LogP contribution >= 0.6 is 11.8 Å². The first-order valence-corrected chi connectivity index (χ1v) is 10.1. The van der Waals surface area contributed by atoms with Crippen molar-refractivity contribution in [2.45, 2.75) is 23.9 Å². The van der Waals surface area contributed by atoms with Gasteiger partial charge in [0.15, 0.2) is 0 Å². The number of hydrogen-bond acceptors (Lipinski definition) is 3. The van der Waals surface area contributed by atoms with Gasteiger partial charge in [0.25, 0.3) is 5.91 Å². The summed E-state index contributed by atoms with van der Waals surface area (Å²) in [4.78, 5) is 12.8. The van der Waals surface area contributed by atoms with Crippen LogP contribution < -0.4 is 5.32 Å². The summed E-state index contributed by atoms with van der Waals surface area (Å²) < 4.78 is 93.3. The number of nitrogens with one attached hydrogen (secondary N) is 1. The first-order valence-electron chi connectivity index (χ1n) is 8.99. The number of thioether (sulfide) groups is 1. The van der Waals surface area contributed by atoms with Gasteiger partial charge >= 0.3 is 12.4 Å². The Morgan fingerprint density at radius 3 is 2.09 bits per heavy atom. The third-order valence-electron chi connectivity index (χ3n) is 4.70. The summed E-state index contributed by atoms with van der Waals surface area (Å²) >= 11 is 1.48. The highest BCUT2D eigenvalue weighted by molar-refractivity contribution is 7.98. The zero-order valence-corrected chi connectivity index (χ0v) is 16.6. The summed E-state index contributed by atoms with van der Waals surface area (Å²) in [5.41, 5.74) is -2.43. The Bertz CT molecular complexity index is 1150. The van der Waals surface area contributed by atoms with Gasteiger partial charge in [-0.25, -0.2) is 9.07 Å². The molecule has 2 aromatic carbocycles. The molecule has 4 nitrogen and oxygen atoms in total. The number of benzene rings is 2. The lowest BCUT2D eigenvalue weighted by Gasteiger charge is -2.15. The first kappa shape index (κ1) is 22.2. The van der Waals surface area contributed by atoms with Crippen molar-refractivity contribution in [2.24, 2.45) is 0 Å². The predicted molar refractivity (Wildman–Crippen MR) is 103 cm³/mol. The van der Waals surface area contributed by atoms with Crippen LogP contribution in [0.5, 0.6) is 0 Å². The lowest BCUT2D eigenvalue weighted by molar-refractivity contribution is -0.143. The highest BCUT2D eigenvalue weighted by Crippen LogP contribution is 2.38. The molecular formula is C20H12F7N3OS. The van der Waals surface area contributed by atoms with E-state index in [1.807, 2.05) is 0 Å². The lowest BCUT2D eigenvalue weighted by atomic mass is 10.0. The van der Waals surface area contributed by atoms with Crippen molar-refractivity contribution in [2.75, 3.05) is 5.32 Å². The smallest absolute Gasteiger partial charge is 0.306 e. The second-order valence-electron chi connectivity index (χ2n) is 6.90. The molecule has 0 unspecified atom stereocenters. The van der Waals surface area contributed by atoms with Gasteiger partial charge in [-0.05, 0) is 42.5 Å². The molecule has 0 radical (unpaired) electrons. The zero-order chi connectivity index (χ0) is 23.3. The molecule has 32 heavy (non-hydrogen) atoms. The third-order valence-corrected chi connectivity index (χ3v) is 5.68. The normalized spacial score (nSPS) is 13.8. The molecule has 0 atom stereocenters. The van der Waals surface area contributed by atoms with Gasteiger partial charge in [-0.2, -0.15) is 43.2 Å². The molecule has 1 aliphatic rings. The quantitative estimate of drug-likeness (QED) is 0.470. The topological polar surface area (TPSA) is 46.9 Å². The molecule has 0 spiro atoms. The van der Waals surface area contributed by atoms with E-state index < -0.39 is 40.8 Å². The zero-order valence-electron chi connectivity index (χ0n) is 15.8. The van der Waals surface area contributed by atoms with E-state index in [4.69, 9.17) is 0 Å². The van der Waals surface area contributed by atoms with Crippen LogP contribution in [0, 0.1) is 5.82 Å². The van der Waals surface area contributed by atoms with Crippen molar-refractivity contribution in [3.8, 4) is 5.69 Å². The van der Waals surface area contributed by atoms with E-state index in [0.717, 1.165) is 12.1 Å². The number of carbonyl (C=O) groups excluding carboxylic acids is 1. The summed E-state index contributed by atoms with van der Waals surface area (Å²) in [7, 11) is 0. The summed E-state index contributed by atoms with van der Waals surface area (Å²) in [6, 6.07) is 5.75. The number of alkyl halides is 6. The number of rotatable bonds is 3. The maximum Gasteiger partial charge on any atom is 0.416 e. The van der Waals surface area contributed by atoms with Crippen LogP contribution in [0.25, 0.3) is 5.69 Å². The fourth-order valence-corrected chi connectivity index (χ4v) is 4.21. The van der Waals surface area contributed by atoms with E-state index in [2.05, 4.69) is 10.4 Å². The predicted octanol–water partition coefficient (Wildman–Crippen LogP) is 6.05. The Morgan fingerprint density at radius 1 is 0.938 bits per heavy atom. The molecule has 12 heteroatoms. The second-order valence-corrected chi connectivity index (χ2v) is 7.89. The molecule has 1 aliphatic heterocycles. The van der Waals surface area contributed by atoms with Crippen molar-refractivity contribution in [1.29, 1.82) is 0 Å². The minimum Gasteiger partial charge on any atom is -0.306 e. The van der Waals surface area contributed by atoms with Gasteiger partial charge in [0.05, 0.1) is 22.5 Å². The van der Waals surface area contributed by atoms with Crippen LogP contribution in [0.3, 0.4) is 0 Å². The molecule has 0 bridgehead atoms. The van der Waals surface area contributed by atoms with Gasteiger partial charge in [-0.3, -0.25) is 4.79 Å². The van der Waals surface area contributed by atoms with Gasteiger partial charge in [0, 0.05) is 22.6 Å². The number of amides is 1. The minimum atomic E-state index is -5.08. The van der Waals surface area contributed by atoms with E-state index in [0.29, 0.717) is 40.6 Å². The molecule has 4 rings (SSSR count). The Kier molecular flexibility index (Phi) is 5.43. The Morgan fingerprint density at radius 2 is 1.53 bits per heavy atom. The van der Waals surface area contributed by atoms with Crippen LogP contribution in [-0.2, 0) is 23.9 Å². The molecule has 0 fully saturated rings. The third kappa shape index (κ3) is 4.31. The van der Waals surface area contributed by atoms with Crippen molar-refractivity contribution in [1.82, 2.24) is 9.78 Å². The number of nitrogens with zero attached hydrogens (tertiary/aromatic N) is 2. The Labute approximate surface area is 180 Å². The van der Waals surface area contributed by atoms with Crippen LogP contribution in [-0.4, -0.2) is 15.7 Å². The van der Waals surface area contributed by atoms with Gasteiger partial charge in [0.2, 0.25) is 0 Å². The Balaban J connectivity index is 1.76. The van der Waals surface area contributed by atoms with Crippen LogP contribution in [0.4, 0.5) is 36.6 Å². The largest absolute Gasteiger partial charge is 0.416 e. The first-order chi connectivity index (χ1) is 14.9. The van der Waals surface area contributed by atoms with Gasteiger partial charge in [-0.15, -0.1) is 0 Å². The van der Waals surface area contributed by atoms with E-state index in [-0.39, 0.29) is 11.9 Å². The molecule has 0 saturated carbocycles. The molecule has 3 aromatic rings. The van der Waals surface area contributed by atoms with Gasteiger partial charge in [-0.1, -0.05) is 0 Å². The standard InChI is InChI=1S/C20H12F7N3OS/c21-13-1-3-14(4-2-13)30-17(15-8-32-9-16(15)29-30)28-18(31)10-5-11(19(22,23)24)7-12(6-10)20(25,26)27/h1-7H,8-9H2,(H,28,31). The summed E-state index contributed by atoms with van der Waals surface area (Å²) in [5, 5.41) is 6.75. The van der Waals surface area contributed by atoms with Crippen LogP contribution in [0.15, 0.2) is 42.5 Å². The van der Waals surface area contributed by atoms with E-state index in [1.165, 1.54) is 28.6 Å². The fraction of sp³-hybridized carbons (Fsp3) is 0.200. The molecule has 2 heterocycles. The van der Waals surface area contributed by atoms with Gasteiger partial charge < -0.3 is 5.32 Å². The van der Waals surface area contributed by atoms with Crippen LogP contribution in [0.1, 0.15) is 32.7 Å². The number of fused-ring (bicyclic) bond motifs is 1. The van der Waals surface area contributed by atoms with Crippen molar-refractivity contribution < 1.29 is 35.5 Å². The fourth-order valence-electron chi connectivity index (χ4n) is 3.18. The molecule has 0 saturated heterocycles. The number of anilines is 1. The average molecular weight is 475 g/mol. The maximum absolute atomic E-state index is 13.3. The summed E-state index contributed by atoms with van der Waals surface area (Å²) in [6.07, 6.45) is -10.2. The summed E-state index contributed by atoms with van der Waals surface area (Å²) in [6.45, 7) is 0. The second kappa shape index (κ2) is 7.84. The average Bonchev–Trinajstić information content (AvgIpc) is 3.29. The van der Waals surface area contributed by atoms with E-state index in [9.17, 15) is 35.5 Å². The van der Waals surface area contributed by atoms with Crippen molar-refractivity contribution >= 4 is 23.5 Å². The van der Waals surface area contributed by atoms with E-state index in [1.54, 1.807) is 0 Å².